The number of amides is 1. The van der Waals surface area contributed by atoms with E-state index in [0.29, 0.717) is 35.7 Å². The van der Waals surface area contributed by atoms with E-state index >= 15 is 0 Å². The molecule has 9 nitrogen and oxygen atoms in total. The lowest BCUT2D eigenvalue weighted by molar-refractivity contribution is 0.0721. The third-order valence-electron chi connectivity index (χ3n) is 5.83. The van der Waals surface area contributed by atoms with Crippen molar-refractivity contribution in [3.05, 3.63) is 60.6 Å². The number of fused-ring (bicyclic) bond motifs is 1. The van der Waals surface area contributed by atoms with Crippen LogP contribution in [0.4, 0.5) is 11.5 Å². The van der Waals surface area contributed by atoms with Crippen LogP contribution in [0.2, 0.25) is 0 Å². The molecule has 0 unspecified atom stereocenters. The molecule has 0 radical (unpaired) electrons. The molecule has 0 atom stereocenters. The Hall–Kier alpha value is -4.14. The second-order valence-electron chi connectivity index (χ2n) is 7.97. The fraction of sp³-hybridized carbons (Fsp3) is 0.250. The van der Waals surface area contributed by atoms with Gasteiger partial charge in [0.2, 0.25) is 0 Å². The number of aromatic nitrogens is 4. The summed E-state index contributed by atoms with van der Waals surface area (Å²) in [5, 5.41) is 25.7. The van der Waals surface area contributed by atoms with Crippen molar-refractivity contribution < 1.29 is 9.90 Å². The first-order chi connectivity index (χ1) is 16.1. The van der Waals surface area contributed by atoms with Crippen LogP contribution in [0, 0.1) is 0 Å². The van der Waals surface area contributed by atoms with Gasteiger partial charge in [-0.1, -0.05) is 24.3 Å². The topological polar surface area (TPSA) is 109 Å². The van der Waals surface area contributed by atoms with E-state index in [4.69, 9.17) is 0 Å². The average Bonchev–Trinajstić information content (AvgIpc) is 3.24. The SMILES string of the molecule is Cn1ncc(-c2ncccn2)c1N=Nc1c(O)c(C(=O)N2CCCCC2)cc2ccccc12. The Labute approximate surface area is 190 Å². The Kier molecular flexibility index (Phi) is 5.52. The lowest BCUT2D eigenvalue weighted by Crippen LogP contribution is -2.35. The number of hydrogen-bond donors (Lipinski definition) is 1. The number of hydrogen-bond acceptors (Lipinski definition) is 7. The largest absolute Gasteiger partial charge is 0.505 e. The Balaban J connectivity index is 1.60. The van der Waals surface area contributed by atoms with Gasteiger partial charge in [0.05, 0.1) is 17.3 Å². The first-order valence-electron chi connectivity index (χ1n) is 10.9. The number of carbonyl (C=O) groups is 1. The number of rotatable bonds is 4. The molecule has 1 amide bonds. The first kappa shape index (κ1) is 20.7. The van der Waals surface area contributed by atoms with Crippen LogP contribution < -0.4 is 0 Å². The van der Waals surface area contributed by atoms with Crippen molar-refractivity contribution in [1.29, 1.82) is 0 Å². The minimum atomic E-state index is -0.187. The minimum Gasteiger partial charge on any atom is -0.505 e. The zero-order chi connectivity index (χ0) is 22.8. The van der Waals surface area contributed by atoms with E-state index in [1.165, 1.54) is 0 Å². The van der Waals surface area contributed by atoms with E-state index < -0.39 is 0 Å². The van der Waals surface area contributed by atoms with Gasteiger partial charge in [0.25, 0.3) is 5.91 Å². The number of azo groups is 1. The summed E-state index contributed by atoms with van der Waals surface area (Å²) in [4.78, 5) is 23.5. The third-order valence-corrected chi connectivity index (χ3v) is 5.83. The number of nitrogens with zero attached hydrogens (tertiary/aromatic N) is 7. The van der Waals surface area contributed by atoms with Crippen LogP contribution in [0.25, 0.3) is 22.2 Å². The molecule has 1 N–H and O–H groups in total. The van der Waals surface area contributed by atoms with Gasteiger partial charge in [-0.2, -0.15) is 5.10 Å². The van der Waals surface area contributed by atoms with E-state index in [2.05, 4.69) is 25.3 Å². The van der Waals surface area contributed by atoms with Gasteiger partial charge in [-0.15, -0.1) is 10.2 Å². The Morgan fingerprint density at radius 3 is 2.58 bits per heavy atom. The van der Waals surface area contributed by atoms with Crippen LogP contribution in [-0.2, 0) is 7.05 Å². The van der Waals surface area contributed by atoms with E-state index in [9.17, 15) is 9.90 Å². The van der Waals surface area contributed by atoms with Gasteiger partial charge in [0.1, 0.15) is 5.69 Å². The summed E-state index contributed by atoms with van der Waals surface area (Å²) in [5.41, 5.74) is 1.10. The number of benzene rings is 2. The molecule has 1 fully saturated rings. The van der Waals surface area contributed by atoms with E-state index in [1.807, 2.05) is 24.3 Å². The van der Waals surface area contributed by atoms with Crippen molar-refractivity contribution in [2.24, 2.45) is 17.3 Å². The Morgan fingerprint density at radius 1 is 1.03 bits per heavy atom. The molecule has 0 aliphatic carbocycles. The number of phenols is 1. The average molecular weight is 441 g/mol. The quantitative estimate of drug-likeness (QED) is 0.459. The molecule has 1 saturated heterocycles. The zero-order valence-electron chi connectivity index (χ0n) is 18.2. The second-order valence-corrected chi connectivity index (χ2v) is 7.97. The summed E-state index contributed by atoms with van der Waals surface area (Å²) in [7, 11) is 1.75. The number of aromatic hydroxyl groups is 1. The highest BCUT2D eigenvalue weighted by Gasteiger charge is 2.24. The predicted octanol–water partition coefficient (Wildman–Crippen LogP) is 4.78. The van der Waals surface area contributed by atoms with Gasteiger partial charge in [-0.05, 0) is 36.8 Å². The number of piperidine rings is 1. The molecule has 3 heterocycles. The van der Waals surface area contributed by atoms with Gasteiger partial charge in [0, 0.05) is 37.9 Å². The summed E-state index contributed by atoms with van der Waals surface area (Å²) in [5.74, 6) is 0.557. The van der Waals surface area contributed by atoms with E-state index in [0.717, 1.165) is 24.6 Å². The van der Waals surface area contributed by atoms with E-state index in [-0.39, 0.29) is 22.9 Å². The minimum absolute atomic E-state index is 0.173. The Bertz CT molecular complexity index is 1340. The number of phenolic OH excluding ortho intramolecular Hbond substituents is 1. The molecule has 166 valence electrons. The van der Waals surface area contributed by atoms with Gasteiger partial charge in [-0.25, -0.2) is 14.6 Å². The number of carbonyl (C=O) groups excluding carboxylic acids is 1. The van der Waals surface area contributed by atoms with Crippen molar-refractivity contribution >= 4 is 28.2 Å². The van der Waals surface area contributed by atoms with Gasteiger partial charge < -0.3 is 10.0 Å². The molecule has 0 spiro atoms. The summed E-state index contributed by atoms with van der Waals surface area (Å²) in [6.07, 6.45) is 7.97. The van der Waals surface area contributed by atoms with Gasteiger partial charge >= 0.3 is 0 Å². The standard InChI is InChI=1S/C24H23N7O2/c1-30-23(19(15-27-30)22-25-10-7-11-26-22)29-28-20-17-9-4-3-8-16(17)14-18(21(20)32)24(33)31-12-5-2-6-13-31/h3-4,7-11,14-15,32H,2,5-6,12-13H2,1H3. The molecular weight excluding hydrogens is 418 g/mol. The summed E-state index contributed by atoms with van der Waals surface area (Å²) < 4.78 is 1.57. The highest BCUT2D eigenvalue weighted by atomic mass is 16.3. The number of likely N-dealkylation sites (tertiary alicyclic amines) is 1. The molecule has 4 aromatic rings. The highest BCUT2D eigenvalue weighted by molar-refractivity contribution is 6.06. The summed E-state index contributed by atoms with van der Waals surface area (Å²) in [6, 6.07) is 11.0. The van der Waals surface area contributed by atoms with Crippen molar-refractivity contribution in [3.63, 3.8) is 0 Å². The van der Waals surface area contributed by atoms with Crippen molar-refractivity contribution in [2.45, 2.75) is 19.3 Å². The van der Waals surface area contributed by atoms with Crippen LogP contribution in [0.5, 0.6) is 5.75 Å². The van der Waals surface area contributed by atoms with Crippen LogP contribution in [0.1, 0.15) is 29.6 Å². The van der Waals surface area contributed by atoms with Gasteiger partial charge in [-0.3, -0.25) is 4.79 Å². The van der Waals surface area contributed by atoms with Gasteiger partial charge in [0.15, 0.2) is 17.4 Å². The monoisotopic (exact) mass is 441 g/mol. The second kappa shape index (κ2) is 8.78. The molecule has 1 aliphatic rings. The summed E-state index contributed by atoms with van der Waals surface area (Å²) in [6.45, 7) is 1.38. The maximum Gasteiger partial charge on any atom is 0.257 e. The fourth-order valence-electron chi connectivity index (χ4n) is 4.09. The molecule has 2 aromatic heterocycles. The highest BCUT2D eigenvalue weighted by Crippen LogP contribution is 2.40. The first-order valence-corrected chi connectivity index (χ1v) is 10.9. The maximum atomic E-state index is 13.2. The van der Waals surface area contributed by atoms with Crippen molar-refractivity contribution in [2.75, 3.05) is 13.1 Å². The molecule has 2 aromatic carbocycles. The maximum absolute atomic E-state index is 13.2. The lowest BCUT2D eigenvalue weighted by Gasteiger charge is -2.27. The molecular formula is C24H23N7O2. The fourth-order valence-corrected chi connectivity index (χ4v) is 4.09. The molecule has 0 bridgehead atoms. The molecule has 0 saturated carbocycles. The van der Waals surface area contributed by atoms with Crippen LogP contribution in [0.15, 0.2) is 65.2 Å². The molecule has 33 heavy (non-hydrogen) atoms. The normalized spacial score (nSPS) is 14.3. The summed E-state index contributed by atoms with van der Waals surface area (Å²) >= 11 is 0. The van der Waals surface area contributed by atoms with Crippen molar-refractivity contribution in [3.8, 4) is 17.1 Å². The van der Waals surface area contributed by atoms with Crippen LogP contribution >= 0.6 is 0 Å². The van der Waals surface area contributed by atoms with Crippen LogP contribution in [-0.4, -0.2) is 48.8 Å². The zero-order valence-corrected chi connectivity index (χ0v) is 18.2. The molecule has 1 aliphatic heterocycles. The van der Waals surface area contributed by atoms with E-state index in [1.54, 1.807) is 47.4 Å². The smallest absolute Gasteiger partial charge is 0.257 e. The number of aryl methyl sites for hydroxylation is 1. The predicted molar refractivity (Wildman–Crippen MR) is 124 cm³/mol. The lowest BCUT2D eigenvalue weighted by atomic mass is 10.0. The third kappa shape index (κ3) is 3.93. The van der Waals surface area contributed by atoms with Crippen molar-refractivity contribution in [1.82, 2.24) is 24.6 Å². The Morgan fingerprint density at radius 2 is 1.79 bits per heavy atom. The van der Waals surface area contributed by atoms with Crippen LogP contribution in [0.3, 0.4) is 0 Å². The molecule has 5 rings (SSSR count). The molecule has 9 heteroatoms.